The van der Waals surface area contributed by atoms with Crippen molar-refractivity contribution in [3.63, 3.8) is 0 Å². The lowest BCUT2D eigenvalue weighted by molar-refractivity contribution is -0.146. The summed E-state index contributed by atoms with van der Waals surface area (Å²) in [4.78, 5) is 25.3. The zero-order chi connectivity index (χ0) is 17.1. The van der Waals surface area contributed by atoms with Gasteiger partial charge in [-0.3, -0.25) is 4.79 Å². The van der Waals surface area contributed by atoms with Crippen LogP contribution in [0.3, 0.4) is 0 Å². The average molecular weight is 329 g/mol. The fourth-order valence-corrected chi connectivity index (χ4v) is 2.54. The third-order valence-electron chi connectivity index (χ3n) is 3.73. The molecule has 1 aromatic carbocycles. The SMILES string of the molecule is Cc1cc(OC2CN(C(=O)C(C)Oc3ccccc3)C2)cc(=O)o1. The van der Waals surface area contributed by atoms with Crippen molar-refractivity contribution in [3.05, 3.63) is 58.6 Å². The van der Waals surface area contributed by atoms with Crippen LogP contribution in [0.4, 0.5) is 0 Å². The summed E-state index contributed by atoms with van der Waals surface area (Å²) in [5.41, 5.74) is -0.442. The molecule has 0 N–H and O–H groups in total. The molecular formula is C18H19NO5. The van der Waals surface area contributed by atoms with E-state index in [1.807, 2.05) is 30.3 Å². The summed E-state index contributed by atoms with van der Waals surface area (Å²) in [6.07, 6.45) is -0.682. The van der Waals surface area contributed by atoms with Crippen LogP contribution in [0, 0.1) is 6.92 Å². The Morgan fingerprint density at radius 1 is 1.21 bits per heavy atom. The molecule has 1 atom stereocenters. The molecule has 0 aliphatic carbocycles. The van der Waals surface area contributed by atoms with Gasteiger partial charge in [0.1, 0.15) is 23.4 Å². The Morgan fingerprint density at radius 2 is 1.92 bits per heavy atom. The van der Waals surface area contributed by atoms with E-state index in [0.717, 1.165) is 0 Å². The Labute approximate surface area is 139 Å². The van der Waals surface area contributed by atoms with Crippen LogP contribution >= 0.6 is 0 Å². The van der Waals surface area contributed by atoms with Crippen LogP contribution in [0.1, 0.15) is 12.7 Å². The smallest absolute Gasteiger partial charge is 0.339 e. The number of rotatable bonds is 5. The fraction of sp³-hybridized carbons (Fsp3) is 0.333. The van der Waals surface area contributed by atoms with Crippen molar-refractivity contribution in [3.8, 4) is 11.5 Å². The van der Waals surface area contributed by atoms with E-state index < -0.39 is 11.7 Å². The molecule has 126 valence electrons. The predicted molar refractivity (Wildman–Crippen MR) is 87.2 cm³/mol. The highest BCUT2D eigenvalue weighted by molar-refractivity contribution is 5.81. The number of carbonyl (C=O) groups is 1. The van der Waals surface area contributed by atoms with Crippen LogP contribution in [-0.4, -0.2) is 36.1 Å². The van der Waals surface area contributed by atoms with Crippen molar-refractivity contribution in [2.75, 3.05) is 13.1 Å². The zero-order valence-corrected chi connectivity index (χ0v) is 13.6. The summed E-state index contributed by atoms with van der Waals surface area (Å²) in [5.74, 6) is 1.55. The van der Waals surface area contributed by atoms with Gasteiger partial charge in [-0.15, -0.1) is 0 Å². The van der Waals surface area contributed by atoms with Crippen LogP contribution in [0.15, 0.2) is 51.7 Å². The zero-order valence-electron chi connectivity index (χ0n) is 13.6. The Hall–Kier alpha value is -2.76. The van der Waals surface area contributed by atoms with Crippen LogP contribution in [0.5, 0.6) is 11.5 Å². The van der Waals surface area contributed by atoms with Gasteiger partial charge >= 0.3 is 5.63 Å². The molecule has 1 aliphatic heterocycles. The minimum absolute atomic E-state index is 0.0811. The second-order valence-electron chi connectivity index (χ2n) is 5.78. The molecule has 0 bridgehead atoms. The number of para-hydroxylation sites is 1. The monoisotopic (exact) mass is 329 g/mol. The molecule has 1 aliphatic rings. The Kier molecular flexibility index (Phi) is 4.55. The molecule has 2 aromatic rings. The summed E-state index contributed by atoms with van der Waals surface area (Å²) in [6.45, 7) is 4.37. The van der Waals surface area contributed by atoms with Gasteiger partial charge in [-0.25, -0.2) is 4.79 Å². The molecular weight excluding hydrogens is 310 g/mol. The van der Waals surface area contributed by atoms with Gasteiger partial charge in [0.25, 0.3) is 5.91 Å². The van der Waals surface area contributed by atoms with Gasteiger partial charge in [0.05, 0.1) is 19.2 Å². The van der Waals surface area contributed by atoms with E-state index in [1.54, 1.807) is 24.8 Å². The summed E-state index contributed by atoms with van der Waals surface area (Å²) in [6, 6.07) is 12.2. The summed E-state index contributed by atoms with van der Waals surface area (Å²) >= 11 is 0. The lowest BCUT2D eigenvalue weighted by Crippen LogP contribution is -2.58. The summed E-state index contributed by atoms with van der Waals surface area (Å²) in [7, 11) is 0. The number of aryl methyl sites for hydroxylation is 1. The number of nitrogens with zero attached hydrogens (tertiary/aromatic N) is 1. The molecule has 1 unspecified atom stereocenters. The molecule has 24 heavy (non-hydrogen) atoms. The topological polar surface area (TPSA) is 69.0 Å². The van der Waals surface area contributed by atoms with Crippen molar-refractivity contribution in [1.82, 2.24) is 4.90 Å². The van der Waals surface area contributed by atoms with Gasteiger partial charge in [0, 0.05) is 6.07 Å². The van der Waals surface area contributed by atoms with Crippen LogP contribution in [0.25, 0.3) is 0 Å². The van der Waals surface area contributed by atoms with Crippen molar-refractivity contribution >= 4 is 5.91 Å². The second-order valence-corrected chi connectivity index (χ2v) is 5.78. The van der Waals surface area contributed by atoms with Gasteiger partial charge in [-0.2, -0.15) is 0 Å². The number of hydrogen-bond acceptors (Lipinski definition) is 5. The molecule has 0 radical (unpaired) electrons. The predicted octanol–water partition coefficient (Wildman–Crippen LogP) is 2.01. The number of amides is 1. The molecule has 1 fully saturated rings. The van der Waals surface area contributed by atoms with E-state index in [2.05, 4.69) is 0 Å². The van der Waals surface area contributed by atoms with Gasteiger partial charge in [0.2, 0.25) is 0 Å². The van der Waals surface area contributed by atoms with Crippen molar-refractivity contribution < 1.29 is 18.7 Å². The molecule has 0 spiro atoms. The maximum absolute atomic E-state index is 12.3. The number of hydrogen-bond donors (Lipinski definition) is 0. The van der Waals surface area contributed by atoms with Gasteiger partial charge in [-0.1, -0.05) is 18.2 Å². The normalized spacial score (nSPS) is 15.5. The highest BCUT2D eigenvalue weighted by Gasteiger charge is 2.35. The Balaban J connectivity index is 1.50. The molecule has 2 heterocycles. The van der Waals surface area contributed by atoms with E-state index in [-0.39, 0.29) is 12.0 Å². The number of carbonyl (C=O) groups excluding carboxylic acids is 1. The van der Waals surface area contributed by atoms with E-state index in [0.29, 0.717) is 30.3 Å². The van der Waals surface area contributed by atoms with E-state index in [9.17, 15) is 9.59 Å². The second kappa shape index (κ2) is 6.78. The number of benzene rings is 1. The molecule has 1 amide bonds. The first-order valence-electron chi connectivity index (χ1n) is 7.80. The molecule has 6 nitrogen and oxygen atoms in total. The highest BCUT2D eigenvalue weighted by Crippen LogP contribution is 2.20. The van der Waals surface area contributed by atoms with E-state index in [1.165, 1.54) is 6.07 Å². The fourth-order valence-electron chi connectivity index (χ4n) is 2.54. The highest BCUT2D eigenvalue weighted by atomic mass is 16.5. The van der Waals surface area contributed by atoms with Crippen LogP contribution < -0.4 is 15.1 Å². The molecule has 1 aromatic heterocycles. The van der Waals surface area contributed by atoms with E-state index >= 15 is 0 Å². The summed E-state index contributed by atoms with van der Waals surface area (Å²) < 4.78 is 16.2. The lowest BCUT2D eigenvalue weighted by atomic mass is 10.1. The maximum Gasteiger partial charge on any atom is 0.339 e. The molecule has 0 saturated carbocycles. The number of ether oxygens (including phenoxy) is 2. The van der Waals surface area contributed by atoms with Crippen LogP contribution in [0.2, 0.25) is 0 Å². The third-order valence-corrected chi connectivity index (χ3v) is 3.73. The number of likely N-dealkylation sites (tertiary alicyclic amines) is 1. The Morgan fingerprint density at radius 3 is 2.58 bits per heavy atom. The van der Waals surface area contributed by atoms with Gasteiger partial charge < -0.3 is 18.8 Å². The quantitative estimate of drug-likeness (QED) is 0.839. The minimum atomic E-state index is -0.556. The minimum Gasteiger partial charge on any atom is -0.486 e. The molecule has 6 heteroatoms. The van der Waals surface area contributed by atoms with Crippen molar-refractivity contribution in [2.24, 2.45) is 0 Å². The van der Waals surface area contributed by atoms with Crippen molar-refractivity contribution in [1.29, 1.82) is 0 Å². The summed E-state index contributed by atoms with van der Waals surface area (Å²) in [5, 5.41) is 0. The Bertz CT molecular complexity index is 764. The van der Waals surface area contributed by atoms with E-state index in [4.69, 9.17) is 13.9 Å². The largest absolute Gasteiger partial charge is 0.486 e. The standard InChI is InChI=1S/C18H19NO5/c1-12-8-15(9-17(20)22-12)24-16-10-19(11-16)18(21)13(2)23-14-6-4-3-5-7-14/h3-9,13,16H,10-11H2,1-2H3. The third kappa shape index (κ3) is 3.76. The average Bonchev–Trinajstić information content (AvgIpc) is 2.50. The first-order chi connectivity index (χ1) is 11.5. The van der Waals surface area contributed by atoms with Crippen LogP contribution in [-0.2, 0) is 4.79 Å². The van der Waals surface area contributed by atoms with Gasteiger partial charge in [-0.05, 0) is 26.0 Å². The molecule has 1 saturated heterocycles. The van der Waals surface area contributed by atoms with Gasteiger partial charge in [0.15, 0.2) is 6.10 Å². The first-order valence-corrected chi connectivity index (χ1v) is 7.80. The molecule has 3 rings (SSSR count). The maximum atomic E-state index is 12.3. The van der Waals surface area contributed by atoms with Crippen molar-refractivity contribution in [2.45, 2.75) is 26.1 Å². The first kappa shape index (κ1) is 16.1. The lowest BCUT2D eigenvalue weighted by Gasteiger charge is -2.40.